The zero-order valence-electron chi connectivity index (χ0n) is 8.31. The highest BCUT2D eigenvalue weighted by molar-refractivity contribution is 4.70. The van der Waals surface area contributed by atoms with Crippen LogP contribution in [0.25, 0.3) is 0 Å². The fraction of sp³-hybridized carbons (Fsp3) is 1.00. The fourth-order valence-corrected chi connectivity index (χ4v) is 1.67. The monoisotopic (exact) mass is 171 g/mol. The Labute approximate surface area is 75.7 Å². The van der Waals surface area contributed by atoms with Gasteiger partial charge in [-0.1, -0.05) is 13.3 Å². The Morgan fingerprint density at radius 3 is 3.00 bits per heavy atom. The number of hydrogen-bond acceptors (Lipinski definition) is 2. The van der Waals surface area contributed by atoms with Gasteiger partial charge < -0.3 is 10.1 Å². The van der Waals surface area contributed by atoms with Gasteiger partial charge >= 0.3 is 0 Å². The van der Waals surface area contributed by atoms with Crippen LogP contribution in [0, 0.1) is 0 Å². The molecule has 1 fully saturated rings. The molecule has 0 aromatic rings. The Balaban J connectivity index is 1.99. The van der Waals surface area contributed by atoms with Crippen molar-refractivity contribution in [3.8, 4) is 0 Å². The van der Waals surface area contributed by atoms with E-state index < -0.39 is 0 Å². The van der Waals surface area contributed by atoms with Crippen molar-refractivity contribution in [2.24, 2.45) is 0 Å². The third-order valence-corrected chi connectivity index (χ3v) is 2.44. The Morgan fingerprint density at radius 2 is 2.42 bits per heavy atom. The Hall–Kier alpha value is -0.0800. The van der Waals surface area contributed by atoms with Crippen molar-refractivity contribution in [3.63, 3.8) is 0 Å². The summed E-state index contributed by atoms with van der Waals surface area (Å²) in [5, 5.41) is 3.50. The third-order valence-electron chi connectivity index (χ3n) is 2.44. The van der Waals surface area contributed by atoms with Crippen molar-refractivity contribution in [2.45, 2.75) is 51.7 Å². The molecule has 2 nitrogen and oxygen atoms in total. The lowest BCUT2D eigenvalue weighted by molar-refractivity contribution is 0.107. The number of nitrogens with one attached hydrogen (secondary N) is 1. The van der Waals surface area contributed by atoms with E-state index in [9.17, 15) is 0 Å². The van der Waals surface area contributed by atoms with Crippen molar-refractivity contribution in [3.05, 3.63) is 0 Å². The molecule has 1 N–H and O–H groups in total. The van der Waals surface area contributed by atoms with Gasteiger partial charge in [-0.15, -0.1) is 0 Å². The summed E-state index contributed by atoms with van der Waals surface area (Å²) in [6.45, 7) is 6.48. The highest BCUT2D eigenvalue weighted by atomic mass is 16.5. The maximum absolute atomic E-state index is 5.52. The normalized spacial score (nSPS) is 26.0. The molecule has 72 valence electrons. The molecule has 2 atom stereocenters. The first-order chi connectivity index (χ1) is 5.83. The number of ether oxygens (including phenoxy) is 1. The van der Waals surface area contributed by atoms with E-state index in [0.29, 0.717) is 12.1 Å². The van der Waals surface area contributed by atoms with Crippen LogP contribution >= 0.6 is 0 Å². The van der Waals surface area contributed by atoms with Gasteiger partial charge in [0.2, 0.25) is 0 Å². The SMILES string of the molecule is CCCC(C)NCC1CCCO1. The molecular formula is C10H21NO. The Morgan fingerprint density at radius 1 is 1.58 bits per heavy atom. The lowest BCUT2D eigenvalue weighted by atomic mass is 10.2. The predicted molar refractivity (Wildman–Crippen MR) is 51.3 cm³/mol. The summed E-state index contributed by atoms with van der Waals surface area (Å²) in [6, 6.07) is 0.652. The smallest absolute Gasteiger partial charge is 0.0700 e. The van der Waals surface area contributed by atoms with Crippen LogP contribution in [0.1, 0.15) is 39.5 Å². The summed E-state index contributed by atoms with van der Waals surface area (Å²) in [6.07, 6.45) is 5.51. The average Bonchev–Trinajstić information content (AvgIpc) is 2.53. The average molecular weight is 171 g/mol. The molecule has 0 aliphatic carbocycles. The highest BCUT2D eigenvalue weighted by Crippen LogP contribution is 2.10. The number of hydrogen-bond donors (Lipinski definition) is 1. The van der Waals surface area contributed by atoms with Crippen molar-refractivity contribution in [1.29, 1.82) is 0 Å². The maximum Gasteiger partial charge on any atom is 0.0700 e. The summed E-state index contributed by atoms with van der Waals surface area (Å²) >= 11 is 0. The van der Waals surface area contributed by atoms with Gasteiger partial charge in [0.25, 0.3) is 0 Å². The lowest BCUT2D eigenvalue weighted by Crippen LogP contribution is -2.33. The van der Waals surface area contributed by atoms with Crippen LogP contribution < -0.4 is 5.32 Å². The molecule has 1 aliphatic heterocycles. The van der Waals surface area contributed by atoms with Crippen LogP contribution in [-0.4, -0.2) is 25.3 Å². The van der Waals surface area contributed by atoms with Crippen LogP contribution in [0.15, 0.2) is 0 Å². The second kappa shape index (κ2) is 5.55. The van der Waals surface area contributed by atoms with Crippen LogP contribution in [0.2, 0.25) is 0 Å². The first-order valence-corrected chi connectivity index (χ1v) is 5.18. The van der Waals surface area contributed by atoms with Gasteiger partial charge in [0.1, 0.15) is 0 Å². The second-order valence-electron chi connectivity index (χ2n) is 3.73. The van der Waals surface area contributed by atoms with Gasteiger partial charge in [-0.2, -0.15) is 0 Å². The van der Waals surface area contributed by atoms with Crippen LogP contribution in [0.5, 0.6) is 0 Å². The molecule has 0 radical (unpaired) electrons. The van der Waals surface area contributed by atoms with Crippen molar-refractivity contribution >= 4 is 0 Å². The molecule has 0 aromatic carbocycles. The quantitative estimate of drug-likeness (QED) is 0.682. The fourth-order valence-electron chi connectivity index (χ4n) is 1.67. The van der Waals surface area contributed by atoms with Crippen molar-refractivity contribution < 1.29 is 4.74 Å². The largest absolute Gasteiger partial charge is 0.377 e. The van der Waals surface area contributed by atoms with E-state index in [1.807, 2.05) is 0 Å². The summed E-state index contributed by atoms with van der Waals surface area (Å²) < 4.78 is 5.52. The Kier molecular flexibility index (Phi) is 4.62. The zero-order valence-corrected chi connectivity index (χ0v) is 8.31. The standard InChI is InChI=1S/C10H21NO/c1-3-5-9(2)11-8-10-6-4-7-12-10/h9-11H,3-8H2,1-2H3. The van der Waals surface area contributed by atoms with Gasteiger partial charge in [0, 0.05) is 19.2 Å². The highest BCUT2D eigenvalue weighted by Gasteiger charge is 2.15. The first-order valence-electron chi connectivity index (χ1n) is 5.18. The summed E-state index contributed by atoms with van der Waals surface area (Å²) in [5.41, 5.74) is 0. The molecule has 2 unspecified atom stereocenters. The molecule has 0 amide bonds. The minimum absolute atomic E-state index is 0.490. The molecule has 0 spiro atoms. The van der Waals surface area contributed by atoms with Crippen molar-refractivity contribution in [2.75, 3.05) is 13.2 Å². The summed E-state index contributed by atoms with van der Waals surface area (Å²) in [4.78, 5) is 0. The lowest BCUT2D eigenvalue weighted by Gasteiger charge is -2.15. The van der Waals surface area contributed by atoms with E-state index in [-0.39, 0.29) is 0 Å². The summed E-state index contributed by atoms with van der Waals surface area (Å²) in [5.74, 6) is 0. The van der Waals surface area contributed by atoms with E-state index in [2.05, 4.69) is 19.2 Å². The van der Waals surface area contributed by atoms with E-state index >= 15 is 0 Å². The summed E-state index contributed by atoms with van der Waals surface area (Å²) in [7, 11) is 0. The van der Waals surface area contributed by atoms with Crippen molar-refractivity contribution in [1.82, 2.24) is 5.32 Å². The minimum Gasteiger partial charge on any atom is -0.377 e. The third kappa shape index (κ3) is 3.55. The topological polar surface area (TPSA) is 21.3 Å². The van der Waals surface area contributed by atoms with Gasteiger partial charge in [0.05, 0.1) is 6.10 Å². The molecule has 0 saturated carbocycles. The molecule has 0 aromatic heterocycles. The zero-order chi connectivity index (χ0) is 8.81. The molecule has 12 heavy (non-hydrogen) atoms. The first kappa shape index (κ1) is 10.0. The molecule has 1 aliphatic rings. The molecule has 2 heteroatoms. The molecular weight excluding hydrogens is 150 g/mol. The van der Waals surface area contributed by atoms with Gasteiger partial charge in [0.15, 0.2) is 0 Å². The maximum atomic E-state index is 5.52. The second-order valence-corrected chi connectivity index (χ2v) is 3.73. The number of rotatable bonds is 5. The molecule has 0 bridgehead atoms. The van der Waals surface area contributed by atoms with Gasteiger partial charge in [-0.3, -0.25) is 0 Å². The van der Waals surface area contributed by atoms with Crippen LogP contribution in [-0.2, 0) is 4.74 Å². The van der Waals surface area contributed by atoms with Gasteiger partial charge in [-0.25, -0.2) is 0 Å². The van der Waals surface area contributed by atoms with Gasteiger partial charge in [-0.05, 0) is 26.2 Å². The van der Waals surface area contributed by atoms with E-state index in [0.717, 1.165) is 13.2 Å². The van der Waals surface area contributed by atoms with E-state index in [1.54, 1.807) is 0 Å². The minimum atomic E-state index is 0.490. The van der Waals surface area contributed by atoms with E-state index in [1.165, 1.54) is 25.7 Å². The predicted octanol–water partition coefficient (Wildman–Crippen LogP) is 1.94. The molecule has 1 saturated heterocycles. The van der Waals surface area contributed by atoms with Crippen LogP contribution in [0.3, 0.4) is 0 Å². The Bertz CT molecular complexity index is 110. The molecule has 1 heterocycles. The molecule has 1 rings (SSSR count). The van der Waals surface area contributed by atoms with Crippen LogP contribution in [0.4, 0.5) is 0 Å². The van der Waals surface area contributed by atoms with E-state index in [4.69, 9.17) is 4.74 Å².